The van der Waals surface area contributed by atoms with Gasteiger partial charge in [-0.2, -0.15) is 10.5 Å². The van der Waals surface area contributed by atoms with Crippen molar-refractivity contribution in [3.05, 3.63) is 97.1 Å². The Morgan fingerprint density at radius 2 is 1.32 bits per heavy atom. The minimum atomic E-state index is 0.323. The fraction of sp³-hybridized carbons (Fsp3) is 0. The first kappa shape index (κ1) is 19.4. The van der Waals surface area contributed by atoms with Crippen LogP contribution in [0.15, 0.2) is 85.7 Å². The van der Waals surface area contributed by atoms with E-state index >= 15 is 0 Å². The van der Waals surface area contributed by atoms with Gasteiger partial charge in [-0.25, -0.2) is 9.97 Å². The van der Waals surface area contributed by atoms with Gasteiger partial charge in [0, 0.05) is 40.1 Å². The summed E-state index contributed by atoms with van der Waals surface area (Å²) < 4.78 is 3.58. The summed E-state index contributed by atoms with van der Waals surface area (Å²) in [6.07, 6.45) is 6.56. The molecule has 6 aromatic rings. The molecule has 3 aromatic carbocycles. The van der Waals surface area contributed by atoms with E-state index in [1.165, 1.54) is 0 Å². The second kappa shape index (κ2) is 7.66. The zero-order valence-corrected chi connectivity index (χ0v) is 17.7. The predicted octanol–water partition coefficient (Wildman–Crippen LogP) is 4.56. The molecule has 158 valence electrons. The van der Waals surface area contributed by atoms with Gasteiger partial charge in [0.05, 0.1) is 5.52 Å². The van der Waals surface area contributed by atoms with Gasteiger partial charge >= 0.3 is 0 Å². The van der Waals surface area contributed by atoms with Crippen LogP contribution in [0, 0.1) is 22.7 Å². The number of aromatic nitrogens is 6. The van der Waals surface area contributed by atoms with Crippen molar-refractivity contribution in [2.24, 2.45) is 0 Å². The first-order valence-electron chi connectivity index (χ1n) is 10.4. The lowest BCUT2D eigenvalue weighted by atomic mass is 9.99. The van der Waals surface area contributed by atoms with Crippen molar-refractivity contribution in [1.29, 1.82) is 10.5 Å². The zero-order chi connectivity index (χ0) is 23.1. The van der Waals surface area contributed by atoms with Crippen molar-refractivity contribution in [2.75, 3.05) is 0 Å². The van der Waals surface area contributed by atoms with Gasteiger partial charge < -0.3 is 9.13 Å². The molecular formula is C26H14N8. The summed E-state index contributed by atoms with van der Waals surface area (Å²) in [7, 11) is 0. The van der Waals surface area contributed by atoms with Crippen LogP contribution < -0.4 is 0 Å². The van der Waals surface area contributed by atoms with E-state index in [-0.39, 0.29) is 0 Å². The van der Waals surface area contributed by atoms with E-state index in [1.54, 1.807) is 34.2 Å². The Morgan fingerprint density at radius 3 is 1.97 bits per heavy atom. The average molecular weight is 438 g/mol. The van der Waals surface area contributed by atoms with Crippen molar-refractivity contribution in [1.82, 2.24) is 29.3 Å². The van der Waals surface area contributed by atoms with Crippen LogP contribution in [0.2, 0.25) is 0 Å². The van der Waals surface area contributed by atoms with Crippen LogP contribution in [-0.4, -0.2) is 29.3 Å². The maximum Gasteiger partial charge on any atom is 0.158 e. The van der Waals surface area contributed by atoms with Crippen LogP contribution in [0.3, 0.4) is 0 Å². The molecule has 0 atom stereocenters. The number of hydrogen-bond acceptors (Lipinski definition) is 6. The number of rotatable bonds is 3. The van der Waals surface area contributed by atoms with Gasteiger partial charge in [0.2, 0.25) is 0 Å². The third-order valence-electron chi connectivity index (χ3n) is 5.69. The van der Waals surface area contributed by atoms with Crippen molar-refractivity contribution < 1.29 is 0 Å². The van der Waals surface area contributed by atoms with Crippen molar-refractivity contribution in [3.8, 4) is 34.6 Å². The van der Waals surface area contributed by atoms with Crippen molar-refractivity contribution in [3.63, 3.8) is 0 Å². The van der Waals surface area contributed by atoms with E-state index in [4.69, 9.17) is 0 Å². The molecule has 3 heterocycles. The lowest BCUT2D eigenvalue weighted by Gasteiger charge is -2.13. The molecule has 0 aliphatic carbocycles. The standard InChI is InChI=1S/C26H14N8/c27-11-18-13-33(15-29-18)20-8-17(9-21(10-20)34-14-19(12-28)30-16-34)22-5-3-6-24-23-4-1-2-7-25(23)31-32-26(22)24/h1-10,13-16H. The van der Waals surface area contributed by atoms with Gasteiger partial charge in [-0.05, 0) is 29.8 Å². The number of imidazole rings is 2. The molecule has 0 bridgehead atoms. The average Bonchev–Trinajstić information content (AvgIpc) is 3.58. The van der Waals surface area contributed by atoms with Crippen LogP contribution >= 0.6 is 0 Å². The van der Waals surface area contributed by atoms with Crippen molar-refractivity contribution >= 4 is 21.8 Å². The maximum absolute atomic E-state index is 9.21. The Balaban J connectivity index is 1.61. The molecule has 0 fully saturated rings. The molecule has 8 nitrogen and oxygen atoms in total. The highest BCUT2D eigenvalue weighted by Gasteiger charge is 2.13. The molecule has 0 radical (unpaired) electrons. The summed E-state index contributed by atoms with van der Waals surface area (Å²) in [4.78, 5) is 8.27. The number of nitrogens with zero attached hydrogens (tertiary/aromatic N) is 8. The summed E-state index contributed by atoms with van der Waals surface area (Å²) in [5.41, 5.74) is 5.70. The Hall–Kier alpha value is -5.34. The number of benzene rings is 3. The molecule has 8 heteroatoms. The molecule has 0 amide bonds. The fourth-order valence-electron chi connectivity index (χ4n) is 4.09. The predicted molar refractivity (Wildman–Crippen MR) is 126 cm³/mol. The summed E-state index contributed by atoms with van der Waals surface area (Å²) in [5, 5.41) is 29.5. The second-order valence-corrected chi connectivity index (χ2v) is 7.71. The van der Waals surface area contributed by atoms with Crippen LogP contribution in [0.5, 0.6) is 0 Å². The van der Waals surface area contributed by atoms with Crippen LogP contribution in [0.1, 0.15) is 11.4 Å². The minimum Gasteiger partial charge on any atom is -0.305 e. The van der Waals surface area contributed by atoms with E-state index in [0.29, 0.717) is 11.4 Å². The lowest BCUT2D eigenvalue weighted by Crippen LogP contribution is -1.98. The second-order valence-electron chi connectivity index (χ2n) is 7.71. The molecular weight excluding hydrogens is 424 g/mol. The highest BCUT2D eigenvalue weighted by atomic mass is 15.1. The molecule has 0 unspecified atom stereocenters. The fourth-order valence-corrected chi connectivity index (χ4v) is 4.09. The van der Waals surface area contributed by atoms with Crippen LogP contribution in [0.4, 0.5) is 0 Å². The molecule has 0 N–H and O–H groups in total. The van der Waals surface area contributed by atoms with Crippen LogP contribution in [0.25, 0.3) is 44.3 Å². The van der Waals surface area contributed by atoms with Gasteiger partial charge in [-0.1, -0.05) is 36.4 Å². The molecule has 0 aliphatic heterocycles. The highest BCUT2D eigenvalue weighted by molar-refractivity contribution is 6.08. The van der Waals surface area contributed by atoms with Gasteiger partial charge in [0.15, 0.2) is 11.4 Å². The van der Waals surface area contributed by atoms with E-state index < -0.39 is 0 Å². The summed E-state index contributed by atoms with van der Waals surface area (Å²) in [5.74, 6) is 0. The Bertz CT molecular complexity index is 1730. The molecule has 0 saturated carbocycles. The minimum absolute atomic E-state index is 0.323. The molecule has 34 heavy (non-hydrogen) atoms. The van der Waals surface area contributed by atoms with Crippen molar-refractivity contribution in [2.45, 2.75) is 0 Å². The SMILES string of the molecule is N#Cc1cn(-c2cc(-c3cccc4c3nnc3ccccc34)cc(-n3cnc(C#N)c3)c2)cn1. The molecule has 3 aromatic heterocycles. The quantitative estimate of drug-likeness (QED) is 0.375. The molecule has 0 aliphatic rings. The number of fused-ring (bicyclic) bond motifs is 3. The lowest BCUT2D eigenvalue weighted by molar-refractivity contribution is 1.02. The van der Waals surface area contributed by atoms with E-state index in [0.717, 1.165) is 44.3 Å². The topological polar surface area (TPSA) is 109 Å². The Kier molecular flexibility index (Phi) is 4.36. The van der Waals surface area contributed by atoms with Crippen LogP contribution in [-0.2, 0) is 0 Å². The number of nitriles is 2. The van der Waals surface area contributed by atoms with Gasteiger partial charge in [0.25, 0.3) is 0 Å². The smallest absolute Gasteiger partial charge is 0.158 e. The first-order valence-corrected chi connectivity index (χ1v) is 10.4. The summed E-state index contributed by atoms with van der Waals surface area (Å²) in [6, 6.07) is 24.1. The van der Waals surface area contributed by atoms with Gasteiger partial charge in [-0.15, -0.1) is 10.2 Å². The largest absolute Gasteiger partial charge is 0.305 e. The summed E-state index contributed by atoms with van der Waals surface area (Å²) >= 11 is 0. The van der Waals surface area contributed by atoms with E-state index in [9.17, 15) is 10.5 Å². The zero-order valence-electron chi connectivity index (χ0n) is 17.7. The van der Waals surface area contributed by atoms with E-state index in [1.807, 2.05) is 60.7 Å². The van der Waals surface area contributed by atoms with E-state index in [2.05, 4.69) is 32.3 Å². The maximum atomic E-state index is 9.21. The molecule has 0 saturated heterocycles. The first-order chi connectivity index (χ1) is 16.7. The highest BCUT2D eigenvalue weighted by Crippen LogP contribution is 2.33. The normalized spacial score (nSPS) is 10.9. The molecule has 6 rings (SSSR count). The Morgan fingerprint density at radius 1 is 0.676 bits per heavy atom. The molecule has 0 spiro atoms. The van der Waals surface area contributed by atoms with Gasteiger partial charge in [0.1, 0.15) is 30.3 Å². The monoisotopic (exact) mass is 438 g/mol. The Labute approximate surface area is 193 Å². The third-order valence-corrected chi connectivity index (χ3v) is 5.69. The van der Waals surface area contributed by atoms with Gasteiger partial charge in [-0.3, -0.25) is 0 Å². The summed E-state index contributed by atoms with van der Waals surface area (Å²) in [6.45, 7) is 0. The number of hydrogen-bond donors (Lipinski definition) is 0. The third kappa shape index (κ3) is 3.15.